The van der Waals surface area contributed by atoms with E-state index in [0.717, 1.165) is 17.3 Å². The van der Waals surface area contributed by atoms with Gasteiger partial charge in [0.25, 0.3) is 0 Å². The van der Waals surface area contributed by atoms with Gasteiger partial charge in [-0.05, 0) is 48.9 Å². The lowest BCUT2D eigenvalue weighted by Gasteiger charge is -2.03. The predicted octanol–water partition coefficient (Wildman–Crippen LogP) is 3.24. The van der Waals surface area contributed by atoms with Gasteiger partial charge in [-0.1, -0.05) is 15.9 Å². The highest BCUT2D eigenvalue weighted by atomic mass is 79.9. The smallest absolute Gasteiger partial charge is 0.306 e. The van der Waals surface area contributed by atoms with Crippen LogP contribution in [0.15, 0.2) is 22.7 Å². The first-order valence-electron chi connectivity index (χ1n) is 5.24. The fraction of sp³-hybridized carbons (Fsp3) is 0.417. The molecule has 1 saturated carbocycles. The summed E-state index contributed by atoms with van der Waals surface area (Å²) in [6.45, 7) is 0. The van der Waals surface area contributed by atoms with Gasteiger partial charge in [0.15, 0.2) is 0 Å². The Hall–Kier alpha value is -0.900. The van der Waals surface area contributed by atoms with Gasteiger partial charge in [-0.2, -0.15) is 0 Å². The van der Waals surface area contributed by atoms with Crippen molar-refractivity contribution in [3.8, 4) is 0 Å². The maximum Gasteiger partial charge on any atom is 0.306 e. The Bertz CT molecular complexity index is 419. The molecule has 4 heteroatoms. The van der Waals surface area contributed by atoms with E-state index in [2.05, 4.69) is 15.9 Å². The molecule has 0 aromatic heterocycles. The Morgan fingerprint density at radius 2 is 2.31 bits per heavy atom. The highest BCUT2D eigenvalue weighted by Crippen LogP contribution is 2.42. The first kappa shape index (κ1) is 11.6. The normalized spacial score (nSPS) is 23.1. The minimum Gasteiger partial charge on any atom is -0.481 e. The fourth-order valence-electron chi connectivity index (χ4n) is 1.94. The van der Waals surface area contributed by atoms with Gasteiger partial charge in [-0.3, -0.25) is 4.79 Å². The van der Waals surface area contributed by atoms with Crippen LogP contribution < -0.4 is 0 Å². The maximum absolute atomic E-state index is 13.4. The molecule has 0 heterocycles. The molecule has 1 aliphatic carbocycles. The van der Waals surface area contributed by atoms with Crippen LogP contribution in [0.5, 0.6) is 0 Å². The van der Waals surface area contributed by atoms with Crippen molar-refractivity contribution in [1.29, 1.82) is 0 Å². The molecule has 2 unspecified atom stereocenters. The molecule has 0 saturated heterocycles. The monoisotopic (exact) mass is 286 g/mol. The number of rotatable bonds is 4. The number of benzene rings is 1. The molecule has 1 N–H and O–H groups in total. The predicted molar refractivity (Wildman–Crippen MR) is 61.7 cm³/mol. The summed E-state index contributed by atoms with van der Waals surface area (Å²) in [6, 6.07) is 4.85. The summed E-state index contributed by atoms with van der Waals surface area (Å²) in [6.07, 6.45) is 2.11. The number of hydrogen-bond acceptors (Lipinski definition) is 1. The number of carboxylic acid groups (broad SMARTS) is 1. The van der Waals surface area contributed by atoms with E-state index in [-0.39, 0.29) is 17.7 Å². The van der Waals surface area contributed by atoms with E-state index < -0.39 is 5.97 Å². The van der Waals surface area contributed by atoms with Gasteiger partial charge in [0, 0.05) is 4.47 Å². The molecule has 0 radical (unpaired) electrons. The second-order valence-electron chi connectivity index (χ2n) is 4.21. The number of halogens is 2. The van der Waals surface area contributed by atoms with Crippen LogP contribution >= 0.6 is 15.9 Å². The van der Waals surface area contributed by atoms with Crippen molar-refractivity contribution in [2.75, 3.05) is 0 Å². The van der Waals surface area contributed by atoms with Gasteiger partial charge in [0.1, 0.15) is 5.82 Å². The zero-order chi connectivity index (χ0) is 11.7. The second kappa shape index (κ2) is 4.53. The van der Waals surface area contributed by atoms with Crippen LogP contribution in [0.3, 0.4) is 0 Å². The van der Waals surface area contributed by atoms with Gasteiger partial charge in [-0.25, -0.2) is 4.39 Å². The number of aliphatic carboxylic acids is 1. The molecule has 0 amide bonds. The van der Waals surface area contributed by atoms with Crippen LogP contribution in [0.2, 0.25) is 0 Å². The molecular weight excluding hydrogens is 275 g/mol. The standard InChI is InChI=1S/C12H12BrFO2/c13-9-3-4-11(14)8(5-9)2-1-7-6-10(7)12(15)16/h3-5,7,10H,1-2,6H2,(H,15,16). The zero-order valence-corrected chi connectivity index (χ0v) is 10.2. The molecule has 2 nitrogen and oxygen atoms in total. The minimum absolute atomic E-state index is 0.199. The molecule has 0 spiro atoms. The molecule has 1 aromatic rings. The highest BCUT2D eigenvalue weighted by molar-refractivity contribution is 9.10. The summed E-state index contributed by atoms with van der Waals surface area (Å²) < 4.78 is 14.2. The molecule has 1 fully saturated rings. The molecular formula is C12H12BrFO2. The summed E-state index contributed by atoms with van der Waals surface area (Å²) in [5.41, 5.74) is 0.658. The van der Waals surface area contributed by atoms with E-state index in [0.29, 0.717) is 12.0 Å². The molecule has 86 valence electrons. The van der Waals surface area contributed by atoms with Gasteiger partial charge in [0.05, 0.1) is 5.92 Å². The average molecular weight is 287 g/mol. The zero-order valence-electron chi connectivity index (χ0n) is 8.62. The maximum atomic E-state index is 13.4. The van der Waals surface area contributed by atoms with E-state index in [1.54, 1.807) is 12.1 Å². The Morgan fingerprint density at radius 1 is 1.56 bits per heavy atom. The number of carbonyl (C=O) groups is 1. The summed E-state index contributed by atoms with van der Waals surface area (Å²) in [5, 5.41) is 8.74. The van der Waals surface area contributed by atoms with E-state index in [4.69, 9.17) is 5.11 Å². The number of aryl methyl sites for hydroxylation is 1. The van der Waals surface area contributed by atoms with E-state index in [1.807, 2.05) is 0 Å². The molecule has 1 aromatic carbocycles. The first-order valence-corrected chi connectivity index (χ1v) is 6.04. The molecule has 0 bridgehead atoms. The number of carboxylic acids is 1. The lowest BCUT2D eigenvalue weighted by atomic mass is 10.1. The lowest BCUT2D eigenvalue weighted by Crippen LogP contribution is -2.00. The van der Waals surface area contributed by atoms with Gasteiger partial charge < -0.3 is 5.11 Å². The van der Waals surface area contributed by atoms with Crippen LogP contribution in [0.1, 0.15) is 18.4 Å². The first-order chi connectivity index (χ1) is 7.58. The molecule has 2 atom stereocenters. The van der Waals surface area contributed by atoms with Crippen LogP contribution in [0.25, 0.3) is 0 Å². The molecule has 0 aliphatic heterocycles. The Morgan fingerprint density at radius 3 is 2.94 bits per heavy atom. The van der Waals surface area contributed by atoms with Crippen molar-refractivity contribution in [2.45, 2.75) is 19.3 Å². The quantitative estimate of drug-likeness (QED) is 0.923. The Kier molecular flexibility index (Phi) is 3.28. The van der Waals surface area contributed by atoms with Crippen molar-refractivity contribution in [2.24, 2.45) is 11.8 Å². The summed E-state index contributed by atoms with van der Waals surface area (Å²) in [7, 11) is 0. The summed E-state index contributed by atoms with van der Waals surface area (Å²) >= 11 is 3.29. The third-order valence-electron chi connectivity index (χ3n) is 3.03. The summed E-state index contributed by atoms with van der Waals surface area (Å²) in [5.74, 6) is -0.901. The van der Waals surface area contributed by atoms with Gasteiger partial charge in [-0.15, -0.1) is 0 Å². The van der Waals surface area contributed by atoms with Gasteiger partial charge >= 0.3 is 5.97 Å². The van der Waals surface area contributed by atoms with Crippen molar-refractivity contribution in [3.63, 3.8) is 0 Å². The summed E-state index contributed by atoms with van der Waals surface area (Å²) in [4.78, 5) is 10.6. The minimum atomic E-state index is -0.722. The van der Waals surface area contributed by atoms with Crippen molar-refractivity contribution in [1.82, 2.24) is 0 Å². The van der Waals surface area contributed by atoms with Crippen LogP contribution in [-0.2, 0) is 11.2 Å². The van der Waals surface area contributed by atoms with Crippen molar-refractivity contribution >= 4 is 21.9 Å². The SMILES string of the molecule is O=C(O)C1CC1CCc1cc(Br)ccc1F. The van der Waals surface area contributed by atoms with Gasteiger partial charge in [0.2, 0.25) is 0 Å². The topological polar surface area (TPSA) is 37.3 Å². The molecule has 2 rings (SSSR count). The van der Waals surface area contributed by atoms with Crippen LogP contribution in [-0.4, -0.2) is 11.1 Å². The van der Waals surface area contributed by atoms with E-state index in [9.17, 15) is 9.18 Å². The van der Waals surface area contributed by atoms with Crippen molar-refractivity contribution in [3.05, 3.63) is 34.1 Å². The van der Waals surface area contributed by atoms with E-state index in [1.165, 1.54) is 6.07 Å². The Labute approximate surface area is 102 Å². The second-order valence-corrected chi connectivity index (χ2v) is 5.13. The van der Waals surface area contributed by atoms with Crippen molar-refractivity contribution < 1.29 is 14.3 Å². The third-order valence-corrected chi connectivity index (χ3v) is 3.53. The average Bonchev–Trinajstić information content (AvgIpc) is 2.99. The lowest BCUT2D eigenvalue weighted by molar-refractivity contribution is -0.138. The Balaban J connectivity index is 1.91. The number of hydrogen-bond donors (Lipinski definition) is 1. The van der Waals surface area contributed by atoms with E-state index >= 15 is 0 Å². The highest BCUT2D eigenvalue weighted by Gasteiger charge is 2.42. The largest absolute Gasteiger partial charge is 0.481 e. The van der Waals surface area contributed by atoms with Crippen LogP contribution in [0.4, 0.5) is 4.39 Å². The molecule has 1 aliphatic rings. The van der Waals surface area contributed by atoms with Crippen LogP contribution in [0, 0.1) is 17.7 Å². The third kappa shape index (κ3) is 2.61. The fourth-order valence-corrected chi connectivity index (χ4v) is 2.35. The molecule has 16 heavy (non-hydrogen) atoms.